The maximum atomic E-state index is 12.7. The highest BCUT2D eigenvalue weighted by Gasteiger charge is 2.30. The van der Waals surface area contributed by atoms with Crippen LogP contribution in [0.5, 0.6) is 0 Å². The number of para-hydroxylation sites is 1. The largest absolute Gasteiger partial charge is 0.393 e. The Hall–Kier alpha value is -2.08. The number of benzene rings is 1. The summed E-state index contributed by atoms with van der Waals surface area (Å²) in [5.74, 6) is 0.117. The van der Waals surface area contributed by atoms with Gasteiger partial charge in [0.15, 0.2) is 0 Å². The number of amides is 2. The van der Waals surface area contributed by atoms with Crippen LogP contribution in [0.4, 0.5) is 5.69 Å². The molecule has 2 amide bonds. The Morgan fingerprint density at radius 3 is 2.33 bits per heavy atom. The van der Waals surface area contributed by atoms with Gasteiger partial charge in [-0.15, -0.1) is 0 Å². The Bertz CT molecular complexity index is 629. The van der Waals surface area contributed by atoms with Crippen molar-refractivity contribution in [1.29, 1.82) is 0 Å². The molecule has 1 aromatic carbocycles. The highest BCUT2D eigenvalue weighted by molar-refractivity contribution is 5.84. The molecule has 0 bridgehead atoms. The van der Waals surface area contributed by atoms with Crippen LogP contribution < -0.4 is 4.90 Å². The zero-order valence-electron chi connectivity index (χ0n) is 16.2. The van der Waals surface area contributed by atoms with Gasteiger partial charge in [-0.3, -0.25) is 9.59 Å². The molecule has 0 saturated carbocycles. The lowest BCUT2D eigenvalue weighted by Gasteiger charge is -2.42. The average molecular weight is 373 g/mol. The van der Waals surface area contributed by atoms with E-state index in [1.54, 1.807) is 4.90 Å². The first kappa shape index (κ1) is 19.7. The van der Waals surface area contributed by atoms with Gasteiger partial charge in [-0.2, -0.15) is 0 Å². The fourth-order valence-electron chi connectivity index (χ4n) is 4.04. The molecule has 0 spiro atoms. The van der Waals surface area contributed by atoms with E-state index in [2.05, 4.69) is 24.0 Å². The number of carbonyl (C=O) groups excluding carboxylic acids is 2. The van der Waals surface area contributed by atoms with E-state index in [0.717, 1.165) is 19.5 Å². The van der Waals surface area contributed by atoms with Crippen LogP contribution in [0.2, 0.25) is 0 Å². The second kappa shape index (κ2) is 9.22. The number of aliphatic hydroxyl groups excluding tert-OH is 1. The summed E-state index contributed by atoms with van der Waals surface area (Å²) < 4.78 is 0. The van der Waals surface area contributed by atoms with Crippen molar-refractivity contribution in [2.75, 3.05) is 37.6 Å². The van der Waals surface area contributed by atoms with Crippen molar-refractivity contribution in [3.05, 3.63) is 30.3 Å². The molecule has 2 aliphatic heterocycles. The van der Waals surface area contributed by atoms with Crippen LogP contribution >= 0.6 is 0 Å². The standard InChI is InChI=1S/C21H31N3O3/c1-2-17-16-23(18-6-4-3-5-7-18)14-15-24(17)21(27)9-8-20(26)22-12-10-19(25)11-13-22/h3-7,17,19,25H,2,8-16H2,1H3. The minimum Gasteiger partial charge on any atom is -0.393 e. The minimum absolute atomic E-state index is 0.0335. The maximum absolute atomic E-state index is 12.7. The van der Waals surface area contributed by atoms with Crippen molar-refractivity contribution < 1.29 is 14.7 Å². The van der Waals surface area contributed by atoms with Gasteiger partial charge in [0, 0.05) is 57.3 Å². The fraction of sp³-hybridized carbons (Fsp3) is 0.619. The summed E-state index contributed by atoms with van der Waals surface area (Å²) in [5, 5.41) is 9.55. The van der Waals surface area contributed by atoms with Gasteiger partial charge >= 0.3 is 0 Å². The minimum atomic E-state index is -0.290. The zero-order valence-corrected chi connectivity index (χ0v) is 16.2. The average Bonchev–Trinajstić information content (AvgIpc) is 2.72. The Balaban J connectivity index is 1.50. The van der Waals surface area contributed by atoms with Gasteiger partial charge in [0.2, 0.25) is 11.8 Å². The Morgan fingerprint density at radius 1 is 1.00 bits per heavy atom. The summed E-state index contributed by atoms with van der Waals surface area (Å²) in [6.45, 7) is 5.68. The molecule has 2 saturated heterocycles. The molecule has 27 heavy (non-hydrogen) atoms. The van der Waals surface area contributed by atoms with E-state index in [4.69, 9.17) is 0 Å². The molecule has 6 heteroatoms. The van der Waals surface area contributed by atoms with Crippen molar-refractivity contribution in [2.24, 2.45) is 0 Å². The molecule has 2 heterocycles. The third kappa shape index (κ3) is 5.01. The molecule has 1 atom stereocenters. The van der Waals surface area contributed by atoms with Crippen molar-refractivity contribution in [1.82, 2.24) is 9.80 Å². The molecule has 1 aromatic rings. The lowest BCUT2D eigenvalue weighted by Crippen LogP contribution is -2.55. The van der Waals surface area contributed by atoms with Crippen LogP contribution in [-0.2, 0) is 9.59 Å². The van der Waals surface area contributed by atoms with Crippen LogP contribution in [-0.4, -0.2) is 71.6 Å². The molecule has 2 fully saturated rings. The number of hydrogen-bond acceptors (Lipinski definition) is 4. The number of aliphatic hydroxyl groups is 1. The SMILES string of the molecule is CCC1CN(c2ccccc2)CCN1C(=O)CCC(=O)N1CCC(O)CC1. The summed E-state index contributed by atoms with van der Waals surface area (Å²) in [6.07, 6.45) is 2.44. The number of hydrogen-bond donors (Lipinski definition) is 1. The molecule has 0 aliphatic carbocycles. The van der Waals surface area contributed by atoms with Gasteiger partial charge in [0.25, 0.3) is 0 Å². The third-order valence-corrected chi connectivity index (χ3v) is 5.77. The molecule has 1 unspecified atom stereocenters. The number of likely N-dealkylation sites (tertiary alicyclic amines) is 1. The normalized spacial score (nSPS) is 21.4. The predicted octanol–water partition coefficient (Wildman–Crippen LogP) is 1.88. The van der Waals surface area contributed by atoms with E-state index >= 15 is 0 Å². The monoisotopic (exact) mass is 373 g/mol. The Labute approximate surface area is 161 Å². The number of nitrogens with zero attached hydrogens (tertiary/aromatic N) is 3. The number of rotatable bonds is 5. The molecule has 0 radical (unpaired) electrons. The first-order valence-electron chi connectivity index (χ1n) is 10.1. The molecular weight excluding hydrogens is 342 g/mol. The van der Waals surface area contributed by atoms with E-state index in [1.165, 1.54) is 5.69 Å². The summed E-state index contributed by atoms with van der Waals surface area (Å²) in [7, 11) is 0. The second-order valence-electron chi connectivity index (χ2n) is 7.54. The highest BCUT2D eigenvalue weighted by Crippen LogP contribution is 2.21. The highest BCUT2D eigenvalue weighted by atomic mass is 16.3. The maximum Gasteiger partial charge on any atom is 0.223 e. The summed E-state index contributed by atoms with van der Waals surface area (Å²) in [5.41, 5.74) is 1.20. The van der Waals surface area contributed by atoms with Gasteiger partial charge in [-0.1, -0.05) is 25.1 Å². The van der Waals surface area contributed by atoms with E-state index < -0.39 is 0 Å². The van der Waals surface area contributed by atoms with Crippen LogP contribution in [0.3, 0.4) is 0 Å². The van der Waals surface area contributed by atoms with Gasteiger partial charge in [-0.05, 0) is 31.4 Å². The predicted molar refractivity (Wildman–Crippen MR) is 106 cm³/mol. The van der Waals surface area contributed by atoms with Crippen molar-refractivity contribution in [3.8, 4) is 0 Å². The molecule has 148 valence electrons. The molecule has 2 aliphatic rings. The van der Waals surface area contributed by atoms with Crippen molar-refractivity contribution >= 4 is 17.5 Å². The van der Waals surface area contributed by atoms with Gasteiger partial charge in [-0.25, -0.2) is 0 Å². The van der Waals surface area contributed by atoms with E-state index in [1.807, 2.05) is 23.1 Å². The van der Waals surface area contributed by atoms with Gasteiger partial charge < -0.3 is 19.8 Å². The van der Waals surface area contributed by atoms with Crippen LogP contribution in [0, 0.1) is 0 Å². The molecule has 1 N–H and O–H groups in total. The fourth-order valence-corrected chi connectivity index (χ4v) is 4.04. The first-order chi connectivity index (χ1) is 13.1. The van der Waals surface area contributed by atoms with Crippen LogP contribution in [0.15, 0.2) is 30.3 Å². The molecular formula is C21H31N3O3. The lowest BCUT2D eigenvalue weighted by molar-refractivity contribution is -0.139. The summed E-state index contributed by atoms with van der Waals surface area (Å²) in [4.78, 5) is 31.2. The van der Waals surface area contributed by atoms with E-state index in [-0.39, 0.29) is 36.8 Å². The smallest absolute Gasteiger partial charge is 0.223 e. The number of anilines is 1. The molecule has 6 nitrogen and oxygen atoms in total. The number of piperazine rings is 1. The summed E-state index contributed by atoms with van der Waals surface area (Å²) >= 11 is 0. The third-order valence-electron chi connectivity index (χ3n) is 5.77. The quantitative estimate of drug-likeness (QED) is 0.856. The van der Waals surface area contributed by atoms with E-state index in [0.29, 0.717) is 32.5 Å². The zero-order chi connectivity index (χ0) is 19.2. The van der Waals surface area contributed by atoms with Crippen molar-refractivity contribution in [3.63, 3.8) is 0 Å². The lowest BCUT2D eigenvalue weighted by atomic mass is 10.1. The Kier molecular flexibility index (Phi) is 6.72. The first-order valence-corrected chi connectivity index (χ1v) is 10.1. The molecule has 3 rings (SSSR count). The topological polar surface area (TPSA) is 64.1 Å². The van der Waals surface area contributed by atoms with Crippen LogP contribution in [0.1, 0.15) is 39.0 Å². The second-order valence-corrected chi connectivity index (χ2v) is 7.54. The van der Waals surface area contributed by atoms with E-state index in [9.17, 15) is 14.7 Å². The van der Waals surface area contributed by atoms with Gasteiger partial charge in [0.1, 0.15) is 0 Å². The van der Waals surface area contributed by atoms with Gasteiger partial charge in [0.05, 0.1) is 6.10 Å². The molecule has 0 aromatic heterocycles. The van der Waals surface area contributed by atoms with Crippen molar-refractivity contribution in [2.45, 2.75) is 51.2 Å². The van der Waals surface area contributed by atoms with Crippen LogP contribution in [0.25, 0.3) is 0 Å². The number of carbonyl (C=O) groups is 2. The summed E-state index contributed by atoms with van der Waals surface area (Å²) in [6, 6.07) is 10.5. The number of piperidine rings is 1. The Morgan fingerprint density at radius 2 is 1.67 bits per heavy atom.